The number of rotatable bonds is 3. The highest BCUT2D eigenvalue weighted by Crippen LogP contribution is 2.57. The summed E-state index contributed by atoms with van der Waals surface area (Å²) in [7, 11) is 0. The third-order valence-electron chi connectivity index (χ3n) is 7.54. The van der Waals surface area contributed by atoms with Gasteiger partial charge in [-0.2, -0.15) is 0 Å². The number of ether oxygens (including phenoxy) is 1. The lowest BCUT2D eigenvalue weighted by atomic mass is 9.77. The maximum atomic E-state index is 14.0. The molecule has 0 aromatic heterocycles. The summed E-state index contributed by atoms with van der Waals surface area (Å²) in [6.07, 6.45) is -0.929. The highest BCUT2D eigenvalue weighted by Gasteiger charge is 2.74. The maximum Gasteiger partial charge on any atom is 0.241 e. The molecule has 2 saturated heterocycles. The van der Waals surface area contributed by atoms with E-state index in [2.05, 4.69) is 29.8 Å². The SMILES string of the molecule is CC(C)c1ccc(N2C(=O)[C@@H]3[C@H](c4ccc(Br)cc4)OC4(C(=O)c5ccccc5C4=O)[C@H]3C2=O)cc1. The highest BCUT2D eigenvalue weighted by atomic mass is 79.9. The van der Waals surface area contributed by atoms with Gasteiger partial charge in [-0.25, -0.2) is 4.90 Å². The molecule has 6 rings (SSSR count). The Morgan fingerprint density at radius 1 is 0.806 bits per heavy atom. The molecule has 6 nitrogen and oxygen atoms in total. The zero-order valence-electron chi connectivity index (χ0n) is 19.6. The number of anilines is 1. The molecule has 3 aromatic rings. The van der Waals surface area contributed by atoms with Crippen molar-refractivity contribution in [2.75, 3.05) is 4.90 Å². The summed E-state index contributed by atoms with van der Waals surface area (Å²) >= 11 is 3.41. The monoisotopic (exact) mass is 543 g/mol. The van der Waals surface area contributed by atoms with Crippen LogP contribution in [0.5, 0.6) is 0 Å². The van der Waals surface area contributed by atoms with Gasteiger partial charge in [-0.3, -0.25) is 19.2 Å². The molecule has 0 bridgehead atoms. The van der Waals surface area contributed by atoms with Crippen molar-refractivity contribution in [2.24, 2.45) is 11.8 Å². The first-order valence-electron chi connectivity index (χ1n) is 11.9. The number of Topliss-reactive ketones (excluding diaryl/α,β-unsaturated/α-hetero) is 2. The minimum atomic E-state index is -2.06. The quantitative estimate of drug-likeness (QED) is 0.332. The van der Waals surface area contributed by atoms with Crippen molar-refractivity contribution >= 4 is 45.0 Å². The van der Waals surface area contributed by atoms with Gasteiger partial charge in [0.1, 0.15) is 0 Å². The molecule has 1 spiro atoms. The number of imide groups is 1. The topological polar surface area (TPSA) is 80.8 Å². The molecule has 3 aliphatic rings. The van der Waals surface area contributed by atoms with E-state index in [1.807, 2.05) is 12.1 Å². The Morgan fingerprint density at radius 3 is 1.94 bits per heavy atom. The number of carbonyl (C=O) groups is 4. The van der Waals surface area contributed by atoms with Crippen molar-refractivity contribution < 1.29 is 23.9 Å². The Labute approximate surface area is 216 Å². The fourth-order valence-corrected chi connectivity index (χ4v) is 6.00. The Hall–Kier alpha value is -3.42. The van der Waals surface area contributed by atoms with Gasteiger partial charge in [-0.05, 0) is 41.3 Å². The smallest absolute Gasteiger partial charge is 0.241 e. The Bertz CT molecular complexity index is 1410. The van der Waals surface area contributed by atoms with Crippen molar-refractivity contribution in [1.82, 2.24) is 0 Å². The summed E-state index contributed by atoms with van der Waals surface area (Å²) in [4.78, 5) is 56.5. The second-order valence-corrected chi connectivity index (χ2v) is 10.7. The average molecular weight is 544 g/mol. The van der Waals surface area contributed by atoms with E-state index in [9.17, 15) is 19.2 Å². The third-order valence-corrected chi connectivity index (χ3v) is 8.06. The molecule has 2 heterocycles. The Morgan fingerprint density at radius 2 is 1.39 bits per heavy atom. The van der Waals surface area contributed by atoms with Crippen LogP contribution in [0.25, 0.3) is 0 Å². The predicted octanol–water partition coefficient (Wildman–Crippen LogP) is 5.27. The normalized spacial score (nSPS) is 24.2. The molecule has 3 aromatic carbocycles. The number of benzene rings is 3. The van der Waals surface area contributed by atoms with E-state index in [0.717, 1.165) is 14.9 Å². The lowest BCUT2D eigenvalue weighted by molar-refractivity contribution is -0.127. The molecular weight excluding hydrogens is 522 g/mol. The Balaban J connectivity index is 1.51. The number of nitrogens with zero attached hydrogens (tertiary/aromatic N) is 1. The van der Waals surface area contributed by atoms with Crippen molar-refractivity contribution in [1.29, 1.82) is 0 Å². The molecular formula is C29H22BrNO5. The molecule has 7 heteroatoms. The molecule has 2 fully saturated rings. The number of ketones is 2. The summed E-state index contributed by atoms with van der Waals surface area (Å²) in [6, 6.07) is 20.9. The largest absolute Gasteiger partial charge is 0.349 e. The van der Waals surface area contributed by atoms with Crippen LogP contribution in [0.15, 0.2) is 77.3 Å². The fourth-order valence-electron chi connectivity index (χ4n) is 5.73. The van der Waals surface area contributed by atoms with Gasteiger partial charge in [0.15, 0.2) is 0 Å². The van der Waals surface area contributed by atoms with Crippen LogP contribution in [0, 0.1) is 11.8 Å². The molecule has 0 radical (unpaired) electrons. The minimum Gasteiger partial charge on any atom is -0.349 e. The number of carbonyl (C=O) groups excluding carboxylic acids is 4. The van der Waals surface area contributed by atoms with Crippen molar-refractivity contribution in [3.63, 3.8) is 0 Å². The first kappa shape index (κ1) is 23.0. The minimum absolute atomic E-state index is 0.220. The lowest BCUT2D eigenvalue weighted by Gasteiger charge is -2.27. The van der Waals surface area contributed by atoms with Crippen molar-refractivity contribution in [2.45, 2.75) is 31.5 Å². The van der Waals surface area contributed by atoms with Crippen LogP contribution in [0.4, 0.5) is 5.69 Å². The summed E-state index contributed by atoms with van der Waals surface area (Å²) in [5.41, 5.74) is 0.493. The molecule has 36 heavy (non-hydrogen) atoms. The van der Waals surface area contributed by atoms with Crippen LogP contribution in [0.3, 0.4) is 0 Å². The summed E-state index contributed by atoms with van der Waals surface area (Å²) < 4.78 is 7.13. The van der Waals surface area contributed by atoms with Gasteiger partial charge in [0.25, 0.3) is 0 Å². The van der Waals surface area contributed by atoms with E-state index in [-0.39, 0.29) is 17.0 Å². The first-order chi connectivity index (χ1) is 17.3. The summed E-state index contributed by atoms with van der Waals surface area (Å²) in [6.45, 7) is 4.12. The van der Waals surface area contributed by atoms with Gasteiger partial charge in [-0.15, -0.1) is 0 Å². The van der Waals surface area contributed by atoms with Crippen LogP contribution in [-0.2, 0) is 14.3 Å². The lowest BCUT2D eigenvalue weighted by Crippen LogP contribution is -2.51. The number of amides is 2. The molecule has 0 N–H and O–H groups in total. The second-order valence-electron chi connectivity index (χ2n) is 9.79. The van der Waals surface area contributed by atoms with E-state index >= 15 is 0 Å². The number of hydrogen-bond acceptors (Lipinski definition) is 5. The Kier molecular flexibility index (Phi) is 5.14. The maximum absolute atomic E-state index is 14.0. The van der Waals surface area contributed by atoms with E-state index < -0.39 is 46.9 Å². The molecule has 180 valence electrons. The zero-order valence-corrected chi connectivity index (χ0v) is 21.2. The fraction of sp³-hybridized carbons (Fsp3) is 0.241. The van der Waals surface area contributed by atoms with Gasteiger partial charge in [-0.1, -0.05) is 78.3 Å². The van der Waals surface area contributed by atoms with Gasteiger partial charge < -0.3 is 4.74 Å². The zero-order chi connectivity index (χ0) is 25.4. The average Bonchev–Trinajstić information content (AvgIpc) is 3.44. The van der Waals surface area contributed by atoms with Crippen molar-refractivity contribution in [3.05, 3.63) is 99.5 Å². The van der Waals surface area contributed by atoms with E-state index in [1.165, 1.54) is 0 Å². The van der Waals surface area contributed by atoms with Gasteiger partial charge in [0.2, 0.25) is 29.0 Å². The van der Waals surface area contributed by atoms with Crippen LogP contribution >= 0.6 is 15.9 Å². The van der Waals surface area contributed by atoms with Gasteiger partial charge in [0, 0.05) is 15.6 Å². The molecule has 0 saturated carbocycles. The molecule has 2 amide bonds. The highest BCUT2D eigenvalue weighted by molar-refractivity contribution is 9.10. The summed E-state index contributed by atoms with van der Waals surface area (Å²) in [5, 5.41) is 0. The predicted molar refractivity (Wildman–Crippen MR) is 136 cm³/mol. The second kappa shape index (κ2) is 8.05. The van der Waals surface area contributed by atoms with Crippen LogP contribution in [0.1, 0.15) is 57.7 Å². The van der Waals surface area contributed by atoms with Crippen LogP contribution in [0.2, 0.25) is 0 Å². The van der Waals surface area contributed by atoms with Crippen LogP contribution in [-0.4, -0.2) is 29.0 Å². The summed E-state index contributed by atoms with van der Waals surface area (Å²) in [5.74, 6) is -4.15. The third kappa shape index (κ3) is 2.99. The molecule has 3 atom stereocenters. The standard InChI is InChI=1S/C29H22BrNO5/c1-15(2)16-9-13-19(14-10-16)31-27(34)22-23(28(31)35)29(36-24(22)17-7-11-18(30)12-8-17)25(32)20-5-3-4-6-21(20)26(29)33/h3-15,22-24H,1-2H3/t22-,23+,24-/m0/s1. The van der Waals surface area contributed by atoms with E-state index in [1.54, 1.807) is 60.7 Å². The molecule has 1 aliphatic carbocycles. The number of hydrogen-bond donors (Lipinski definition) is 0. The molecule has 0 unspecified atom stereocenters. The van der Waals surface area contributed by atoms with Gasteiger partial charge in [0.05, 0.1) is 23.6 Å². The first-order valence-corrected chi connectivity index (χ1v) is 12.6. The van der Waals surface area contributed by atoms with Gasteiger partial charge >= 0.3 is 0 Å². The van der Waals surface area contributed by atoms with E-state index in [0.29, 0.717) is 11.3 Å². The molecule has 2 aliphatic heterocycles. The van der Waals surface area contributed by atoms with Crippen LogP contribution < -0.4 is 4.90 Å². The van der Waals surface area contributed by atoms with Crippen molar-refractivity contribution in [3.8, 4) is 0 Å². The number of halogens is 1. The van der Waals surface area contributed by atoms with E-state index in [4.69, 9.17) is 4.74 Å². The number of fused-ring (bicyclic) bond motifs is 3.